The van der Waals surface area contributed by atoms with Crippen molar-refractivity contribution < 1.29 is 19.6 Å². The fraction of sp³-hybridized carbons (Fsp3) is 0.318. The summed E-state index contributed by atoms with van der Waals surface area (Å²) >= 11 is 1.03. The lowest BCUT2D eigenvalue weighted by molar-refractivity contribution is -0.384. The highest BCUT2D eigenvalue weighted by atomic mass is 32.2. The molecular formula is C22H23N7O5S. The molecule has 1 aromatic heterocycles. The Hall–Kier alpha value is -3.84. The molecule has 0 radical (unpaired) electrons. The summed E-state index contributed by atoms with van der Waals surface area (Å²) in [5, 5.41) is 34.8. The lowest BCUT2D eigenvalue weighted by Crippen LogP contribution is -2.18. The van der Waals surface area contributed by atoms with Gasteiger partial charge in [-0.2, -0.15) is 0 Å². The Morgan fingerprint density at radius 2 is 1.97 bits per heavy atom. The number of nitro groups is 1. The normalized spacial score (nSPS) is 13.6. The Balaban J connectivity index is 1.64. The van der Waals surface area contributed by atoms with E-state index in [0.29, 0.717) is 21.3 Å². The van der Waals surface area contributed by atoms with Crippen molar-refractivity contribution >= 4 is 35.0 Å². The number of rotatable bonds is 9. The van der Waals surface area contributed by atoms with Gasteiger partial charge in [-0.1, -0.05) is 18.9 Å². The van der Waals surface area contributed by atoms with E-state index in [1.165, 1.54) is 22.9 Å². The van der Waals surface area contributed by atoms with E-state index < -0.39 is 16.7 Å². The van der Waals surface area contributed by atoms with Gasteiger partial charge in [0, 0.05) is 28.3 Å². The predicted molar refractivity (Wildman–Crippen MR) is 126 cm³/mol. The summed E-state index contributed by atoms with van der Waals surface area (Å²) in [6, 6.07) is 8.93. The van der Waals surface area contributed by atoms with Gasteiger partial charge in [-0.05, 0) is 64.7 Å². The molecular weight excluding hydrogens is 474 g/mol. The van der Waals surface area contributed by atoms with Crippen molar-refractivity contribution in [1.29, 1.82) is 0 Å². The van der Waals surface area contributed by atoms with E-state index in [4.69, 9.17) is 5.73 Å². The van der Waals surface area contributed by atoms with Crippen LogP contribution in [-0.4, -0.2) is 48.7 Å². The van der Waals surface area contributed by atoms with Crippen LogP contribution in [0.1, 0.15) is 57.9 Å². The minimum atomic E-state index is -0.610. The molecule has 0 unspecified atom stereocenters. The van der Waals surface area contributed by atoms with Crippen molar-refractivity contribution in [2.45, 2.75) is 48.2 Å². The first-order valence-corrected chi connectivity index (χ1v) is 11.8. The summed E-state index contributed by atoms with van der Waals surface area (Å²) in [7, 11) is 0. The van der Waals surface area contributed by atoms with Gasteiger partial charge in [-0.3, -0.25) is 19.7 Å². The average molecular weight is 498 g/mol. The maximum absolute atomic E-state index is 13.2. The first-order valence-electron chi connectivity index (χ1n) is 11.0. The number of carbonyl (C=O) groups is 2. The number of hydrogen-bond acceptors (Lipinski definition) is 9. The van der Waals surface area contributed by atoms with Crippen molar-refractivity contribution in [3.8, 4) is 0 Å². The van der Waals surface area contributed by atoms with Crippen molar-refractivity contribution in [1.82, 2.24) is 20.2 Å². The van der Waals surface area contributed by atoms with Crippen molar-refractivity contribution in [2.75, 3.05) is 11.9 Å². The highest BCUT2D eigenvalue weighted by molar-refractivity contribution is 7.99. The summed E-state index contributed by atoms with van der Waals surface area (Å²) in [5.41, 5.74) is 6.96. The number of nitrogens with one attached hydrogen (secondary N) is 1. The van der Waals surface area contributed by atoms with E-state index in [9.17, 15) is 24.8 Å². The second-order valence-electron chi connectivity index (χ2n) is 8.05. The lowest BCUT2D eigenvalue weighted by atomic mass is 9.92. The number of hydrogen-bond donors (Lipinski definition) is 3. The molecule has 1 saturated carbocycles. The van der Waals surface area contributed by atoms with Gasteiger partial charge in [0.25, 0.3) is 11.6 Å². The van der Waals surface area contributed by atoms with Gasteiger partial charge in [0.05, 0.1) is 23.6 Å². The summed E-state index contributed by atoms with van der Waals surface area (Å²) in [4.78, 5) is 36.4. The minimum absolute atomic E-state index is 0.0308. The van der Waals surface area contributed by atoms with Gasteiger partial charge in [0.2, 0.25) is 11.1 Å². The second-order valence-corrected chi connectivity index (χ2v) is 9.06. The first-order chi connectivity index (χ1) is 16.9. The Morgan fingerprint density at radius 1 is 1.20 bits per heavy atom. The van der Waals surface area contributed by atoms with E-state index in [2.05, 4.69) is 20.8 Å². The van der Waals surface area contributed by atoms with Gasteiger partial charge in [0.15, 0.2) is 0 Å². The smallest absolute Gasteiger partial charge is 0.270 e. The minimum Gasteiger partial charge on any atom is -0.394 e. The number of aromatic nitrogens is 4. The quantitative estimate of drug-likeness (QED) is 0.296. The molecule has 0 aliphatic heterocycles. The summed E-state index contributed by atoms with van der Waals surface area (Å²) in [5.74, 6) is -0.932. The number of nitrogens with zero attached hydrogens (tertiary/aromatic N) is 5. The van der Waals surface area contributed by atoms with Crippen LogP contribution in [0.25, 0.3) is 0 Å². The second kappa shape index (κ2) is 10.6. The van der Waals surface area contributed by atoms with Crippen molar-refractivity contribution in [3.05, 3.63) is 63.2 Å². The number of nitro benzene ring substituents is 1. The number of anilines is 1. The third-order valence-corrected chi connectivity index (χ3v) is 6.85. The van der Waals surface area contributed by atoms with Gasteiger partial charge >= 0.3 is 0 Å². The molecule has 4 N–H and O–H groups in total. The maximum Gasteiger partial charge on any atom is 0.270 e. The van der Waals surface area contributed by atoms with Gasteiger partial charge in [-0.15, -0.1) is 5.10 Å². The fourth-order valence-corrected chi connectivity index (χ4v) is 5.04. The highest BCUT2D eigenvalue weighted by Crippen LogP contribution is 2.37. The number of primary amides is 1. The third-order valence-electron chi connectivity index (χ3n) is 5.80. The Kier molecular flexibility index (Phi) is 7.36. The number of tetrazole rings is 1. The Bertz CT molecular complexity index is 1270. The molecule has 1 fully saturated rings. The zero-order valence-corrected chi connectivity index (χ0v) is 19.4. The van der Waals surface area contributed by atoms with Crippen molar-refractivity contribution in [3.63, 3.8) is 0 Å². The molecule has 1 heterocycles. The molecule has 0 spiro atoms. The number of aliphatic hydroxyl groups is 1. The first kappa shape index (κ1) is 24.3. The number of non-ortho nitro benzene ring substituents is 1. The van der Waals surface area contributed by atoms with Crippen LogP contribution in [-0.2, 0) is 6.54 Å². The zero-order valence-electron chi connectivity index (χ0n) is 18.6. The van der Waals surface area contributed by atoms with Crippen LogP contribution in [0, 0.1) is 10.1 Å². The average Bonchev–Trinajstić information content (AvgIpc) is 3.52. The molecule has 13 heteroatoms. The maximum atomic E-state index is 13.2. The van der Waals surface area contributed by atoms with Gasteiger partial charge in [0.1, 0.15) is 0 Å². The molecule has 182 valence electrons. The lowest BCUT2D eigenvalue weighted by Gasteiger charge is -2.16. The molecule has 2 amide bonds. The molecule has 0 bridgehead atoms. The SMILES string of the molecule is NC(=O)c1cc(NC(=O)c2cc([N+](=O)[O-])ccc2Sc2nnnn2CCO)ccc1C1CCCC1. The summed E-state index contributed by atoms with van der Waals surface area (Å²) < 4.78 is 1.36. The predicted octanol–water partition coefficient (Wildman–Crippen LogP) is 2.73. The van der Waals surface area contributed by atoms with E-state index in [1.807, 2.05) is 0 Å². The van der Waals surface area contributed by atoms with Crippen LogP contribution in [0.4, 0.5) is 11.4 Å². The molecule has 1 aliphatic rings. The molecule has 4 rings (SSSR count). The zero-order chi connectivity index (χ0) is 24.9. The van der Waals surface area contributed by atoms with E-state index in [1.54, 1.807) is 18.2 Å². The molecule has 0 saturated heterocycles. The van der Waals surface area contributed by atoms with Crippen molar-refractivity contribution in [2.24, 2.45) is 5.73 Å². The number of benzene rings is 2. The number of aliphatic hydroxyl groups excluding tert-OH is 1. The van der Waals surface area contributed by atoms with E-state index >= 15 is 0 Å². The monoisotopic (exact) mass is 497 g/mol. The Labute approximate surface area is 204 Å². The van der Waals surface area contributed by atoms with Crippen LogP contribution >= 0.6 is 11.8 Å². The van der Waals surface area contributed by atoms with Crippen LogP contribution < -0.4 is 11.1 Å². The number of carbonyl (C=O) groups excluding carboxylic acids is 2. The topological polar surface area (TPSA) is 179 Å². The molecule has 35 heavy (non-hydrogen) atoms. The van der Waals surface area contributed by atoms with Crippen LogP contribution in [0.3, 0.4) is 0 Å². The molecule has 3 aromatic rings. The molecule has 0 atom stereocenters. The highest BCUT2D eigenvalue weighted by Gasteiger charge is 2.24. The number of amides is 2. The third kappa shape index (κ3) is 5.46. The largest absolute Gasteiger partial charge is 0.394 e. The molecule has 1 aliphatic carbocycles. The van der Waals surface area contributed by atoms with Gasteiger partial charge < -0.3 is 16.2 Å². The van der Waals surface area contributed by atoms with E-state index in [-0.39, 0.29) is 30.3 Å². The summed E-state index contributed by atoms with van der Waals surface area (Å²) in [6.07, 6.45) is 4.15. The Morgan fingerprint density at radius 3 is 2.66 bits per heavy atom. The standard InChI is InChI=1S/C22H23N7O5S/c23-20(31)17-11-14(5-7-16(17)13-3-1-2-4-13)24-21(32)18-12-15(29(33)34)6-8-19(18)35-22-25-26-27-28(22)9-10-30/h5-8,11-13,30H,1-4,9-10H2,(H2,23,31)(H,24,32). The van der Waals surface area contributed by atoms with Gasteiger partial charge in [-0.25, -0.2) is 4.68 Å². The van der Waals surface area contributed by atoms with E-state index in [0.717, 1.165) is 43.0 Å². The summed E-state index contributed by atoms with van der Waals surface area (Å²) in [6.45, 7) is -0.0433. The number of nitrogens with two attached hydrogens (primary N) is 1. The molecule has 2 aromatic carbocycles. The van der Waals surface area contributed by atoms with Crippen LogP contribution in [0.5, 0.6) is 0 Å². The fourth-order valence-electron chi connectivity index (χ4n) is 4.14. The molecule has 12 nitrogen and oxygen atoms in total. The van der Waals surface area contributed by atoms with Crippen LogP contribution in [0.2, 0.25) is 0 Å². The van der Waals surface area contributed by atoms with Crippen LogP contribution in [0.15, 0.2) is 46.5 Å².